The van der Waals surface area contributed by atoms with E-state index in [2.05, 4.69) is 11.6 Å². The Balaban J connectivity index is 2.69. The number of nitrogen functional groups attached to an aromatic ring is 1. The molecule has 1 rings (SSSR count). The van der Waals surface area contributed by atoms with Gasteiger partial charge in [0.1, 0.15) is 6.61 Å². The molecule has 0 aliphatic rings. The van der Waals surface area contributed by atoms with Gasteiger partial charge in [0.2, 0.25) is 0 Å². The highest BCUT2D eigenvalue weighted by atomic mass is 16.5. The maximum absolute atomic E-state index is 5.56. The van der Waals surface area contributed by atoms with Gasteiger partial charge >= 0.3 is 0 Å². The third kappa shape index (κ3) is 1.97. The standard InChI is InChI=1S/C8H10N2O/c1-2-5-11-8-6-10-4-3-7(8)9/h2-4,6H,1,5H2,(H2,9,10). The summed E-state index contributed by atoms with van der Waals surface area (Å²) in [6.45, 7) is 3.97. The summed E-state index contributed by atoms with van der Waals surface area (Å²) in [6.07, 6.45) is 4.86. The summed E-state index contributed by atoms with van der Waals surface area (Å²) in [5, 5.41) is 0. The average Bonchev–Trinajstić information content (AvgIpc) is 2.03. The van der Waals surface area contributed by atoms with Gasteiger partial charge in [-0.15, -0.1) is 0 Å². The van der Waals surface area contributed by atoms with E-state index >= 15 is 0 Å². The molecule has 0 fully saturated rings. The molecule has 0 saturated heterocycles. The molecular weight excluding hydrogens is 140 g/mol. The molecule has 0 amide bonds. The van der Waals surface area contributed by atoms with Gasteiger partial charge in [0.15, 0.2) is 5.75 Å². The number of pyridine rings is 1. The maximum atomic E-state index is 5.56. The van der Waals surface area contributed by atoms with Crippen molar-refractivity contribution >= 4 is 5.69 Å². The van der Waals surface area contributed by atoms with E-state index in [1.807, 2.05) is 0 Å². The smallest absolute Gasteiger partial charge is 0.160 e. The summed E-state index contributed by atoms with van der Waals surface area (Å²) in [5.41, 5.74) is 6.16. The molecule has 11 heavy (non-hydrogen) atoms. The van der Waals surface area contributed by atoms with E-state index in [9.17, 15) is 0 Å². The molecule has 0 atom stereocenters. The molecule has 1 aromatic heterocycles. The van der Waals surface area contributed by atoms with E-state index in [0.717, 1.165) is 0 Å². The SMILES string of the molecule is C=CCOc1cnccc1N. The molecule has 3 heteroatoms. The highest BCUT2D eigenvalue weighted by Crippen LogP contribution is 2.17. The van der Waals surface area contributed by atoms with Crippen molar-refractivity contribution in [1.82, 2.24) is 4.98 Å². The van der Waals surface area contributed by atoms with E-state index in [-0.39, 0.29) is 0 Å². The van der Waals surface area contributed by atoms with Crippen LogP contribution in [0.5, 0.6) is 5.75 Å². The molecule has 0 aliphatic carbocycles. The second-order valence-corrected chi connectivity index (χ2v) is 2.01. The van der Waals surface area contributed by atoms with Gasteiger partial charge in [-0.1, -0.05) is 12.7 Å². The molecule has 1 heterocycles. The lowest BCUT2D eigenvalue weighted by molar-refractivity contribution is 0.363. The molecule has 0 spiro atoms. The Morgan fingerprint density at radius 3 is 3.18 bits per heavy atom. The molecule has 0 radical (unpaired) electrons. The van der Waals surface area contributed by atoms with Crippen molar-refractivity contribution in [2.75, 3.05) is 12.3 Å². The first-order chi connectivity index (χ1) is 5.34. The van der Waals surface area contributed by atoms with Gasteiger partial charge in [0.25, 0.3) is 0 Å². The lowest BCUT2D eigenvalue weighted by Gasteiger charge is -2.03. The Hall–Kier alpha value is -1.51. The average molecular weight is 150 g/mol. The second kappa shape index (κ2) is 3.61. The molecule has 0 bridgehead atoms. The fraction of sp³-hybridized carbons (Fsp3) is 0.125. The van der Waals surface area contributed by atoms with Gasteiger partial charge in [-0.25, -0.2) is 0 Å². The molecule has 0 aromatic carbocycles. The van der Waals surface area contributed by atoms with Crippen LogP contribution in [0, 0.1) is 0 Å². The summed E-state index contributed by atoms with van der Waals surface area (Å²) >= 11 is 0. The number of nitrogens with two attached hydrogens (primary N) is 1. The summed E-state index contributed by atoms with van der Waals surface area (Å²) in [7, 11) is 0. The van der Waals surface area contributed by atoms with Crippen molar-refractivity contribution in [1.29, 1.82) is 0 Å². The van der Waals surface area contributed by atoms with Gasteiger partial charge in [-0.2, -0.15) is 0 Å². The Labute approximate surface area is 65.5 Å². The second-order valence-electron chi connectivity index (χ2n) is 2.01. The zero-order valence-corrected chi connectivity index (χ0v) is 6.16. The summed E-state index contributed by atoms with van der Waals surface area (Å²) in [5.74, 6) is 0.604. The summed E-state index contributed by atoms with van der Waals surface area (Å²) < 4.78 is 5.18. The van der Waals surface area contributed by atoms with Gasteiger partial charge in [-0.3, -0.25) is 4.98 Å². The van der Waals surface area contributed by atoms with Crippen LogP contribution in [-0.4, -0.2) is 11.6 Å². The minimum atomic E-state index is 0.454. The number of hydrogen-bond acceptors (Lipinski definition) is 3. The van der Waals surface area contributed by atoms with Crippen LogP contribution in [0.25, 0.3) is 0 Å². The number of aromatic nitrogens is 1. The first kappa shape index (κ1) is 7.60. The normalized spacial score (nSPS) is 9.09. The van der Waals surface area contributed by atoms with Crippen molar-refractivity contribution < 1.29 is 4.74 Å². The summed E-state index contributed by atoms with van der Waals surface area (Å²) in [4.78, 5) is 3.86. The fourth-order valence-corrected chi connectivity index (χ4v) is 0.660. The minimum absolute atomic E-state index is 0.454. The number of anilines is 1. The quantitative estimate of drug-likeness (QED) is 0.659. The monoisotopic (exact) mass is 150 g/mol. The number of hydrogen-bond donors (Lipinski definition) is 1. The predicted molar refractivity (Wildman–Crippen MR) is 44.3 cm³/mol. The Morgan fingerprint density at radius 1 is 1.73 bits per heavy atom. The fourth-order valence-electron chi connectivity index (χ4n) is 0.660. The summed E-state index contributed by atoms with van der Waals surface area (Å²) in [6, 6.07) is 1.69. The predicted octanol–water partition coefficient (Wildman–Crippen LogP) is 1.23. The van der Waals surface area contributed by atoms with Crippen LogP contribution in [-0.2, 0) is 0 Å². The van der Waals surface area contributed by atoms with Crippen LogP contribution in [0.15, 0.2) is 31.1 Å². The van der Waals surface area contributed by atoms with E-state index in [0.29, 0.717) is 18.0 Å². The van der Waals surface area contributed by atoms with Gasteiger partial charge < -0.3 is 10.5 Å². The molecule has 0 saturated carbocycles. The molecular formula is C8H10N2O. The third-order valence-corrected chi connectivity index (χ3v) is 1.17. The highest BCUT2D eigenvalue weighted by Gasteiger charge is 1.95. The van der Waals surface area contributed by atoms with E-state index in [1.54, 1.807) is 24.5 Å². The topological polar surface area (TPSA) is 48.1 Å². The number of ether oxygens (including phenoxy) is 1. The first-order valence-corrected chi connectivity index (χ1v) is 3.28. The highest BCUT2D eigenvalue weighted by molar-refractivity contribution is 5.49. The Morgan fingerprint density at radius 2 is 2.55 bits per heavy atom. The van der Waals surface area contributed by atoms with Crippen molar-refractivity contribution in [3.05, 3.63) is 31.1 Å². The zero-order valence-electron chi connectivity index (χ0n) is 6.16. The van der Waals surface area contributed by atoms with Crippen LogP contribution in [0.3, 0.4) is 0 Å². The molecule has 58 valence electrons. The van der Waals surface area contributed by atoms with E-state index in [1.165, 1.54) is 0 Å². The van der Waals surface area contributed by atoms with Crippen LogP contribution < -0.4 is 10.5 Å². The van der Waals surface area contributed by atoms with Crippen LogP contribution in [0.4, 0.5) is 5.69 Å². The van der Waals surface area contributed by atoms with Crippen LogP contribution >= 0.6 is 0 Å². The number of rotatable bonds is 3. The molecule has 3 nitrogen and oxygen atoms in total. The van der Waals surface area contributed by atoms with Crippen LogP contribution in [0.2, 0.25) is 0 Å². The van der Waals surface area contributed by atoms with Gasteiger partial charge in [0.05, 0.1) is 11.9 Å². The van der Waals surface area contributed by atoms with E-state index < -0.39 is 0 Å². The largest absolute Gasteiger partial charge is 0.486 e. The van der Waals surface area contributed by atoms with Crippen molar-refractivity contribution in [2.45, 2.75) is 0 Å². The molecule has 0 unspecified atom stereocenters. The minimum Gasteiger partial charge on any atom is -0.486 e. The molecule has 2 N–H and O–H groups in total. The van der Waals surface area contributed by atoms with Crippen LogP contribution in [0.1, 0.15) is 0 Å². The maximum Gasteiger partial charge on any atom is 0.160 e. The van der Waals surface area contributed by atoms with E-state index in [4.69, 9.17) is 10.5 Å². The Kier molecular flexibility index (Phi) is 2.49. The van der Waals surface area contributed by atoms with Crippen molar-refractivity contribution in [2.24, 2.45) is 0 Å². The Bertz CT molecular complexity index is 248. The van der Waals surface area contributed by atoms with Crippen molar-refractivity contribution in [3.63, 3.8) is 0 Å². The third-order valence-electron chi connectivity index (χ3n) is 1.17. The number of nitrogens with zero attached hydrogens (tertiary/aromatic N) is 1. The van der Waals surface area contributed by atoms with Crippen molar-refractivity contribution in [3.8, 4) is 5.75 Å². The molecule has 0 aliphatic heterocycles. The van der Waals surface area contributed by atoms with Gasteiger partial charge in [0, 0.05) is 6.20 Å². The lowest BCUT2D eigenvalue weighted by Crippen LogP contribution is -1.97. The zero-order chi connectivity index (χ0) is 8.10. The lowest BCUT2D eigenvalue weighted by atomic mass is 10.4. The molecule has 1 aromatic rings. The first-order valence-electron chi connectivity index (χ1n) is 3.28. The van der Waals surface area contributed by atoms with Gasteiger partial charge in [-0.05, 0) is 6.07 Å².